The third-order valence-corrected chi connectivity index (χ3v) is 2.78. The van der Waals surface area contributed by atoms with Gasteiger partial charge in [0.2, 0.25) is 0 Å². The first kappa shape index (κ1) is 10.7. The molecule has 0 aromatic heterocycles. The predicted octanol–water partition coefficient (Wildman–Crippen LogP) is 4.02. The average Bonchev–Trinajstić information content (AvgIpc) is 2.42. The molecule has 0 saturated heterocycles. The molecule has 0 radical (unpaired) electrons. The summed E-state index contributed by atoms with van der Waals surface area (Å²) in [6, 6.07) is 16.0. The van der Waals surface area contributed by atoms with E-state index in [1.54, 1.807) is 0 Å². The van der Waals surface area contributed by atoms with E-state index in [9.17, 15) is 0 Å². The highest BCUT2D eigenvalue weighted by molar-refractivity contribution is 5.62. The van der Waals surface area contributed by atoms with Crippen LogP contribution in [0.25, 0.3) is 12.2 Å². The van der Waals surface area contributed by atoms with Crippen LogP contribution in [0, 0.1) is 0 Å². The third kappa shape index (κ3) is 2.13. The van der Waals surface area contributed by atoms with E-state index in [-0.39, 0.29) is 0 Å². The van der Waals surface area contributed by atoms with Gasteiger partial charge >= 0.3 is 0 Å². The molecule has 3 rings (SSSR count). The first-order chi connectivity index (χ1) is 8.93. The van der Waals surface area contributed by atoms with Crippen LogP contribution in [0.15, 0.2) is 60.9 Å². The first-order valence-electron chi connectivity index (χ1n) is 5.88. The normalized spacial score (nSPS) is 12.9. The van der Waals surface area contributed by atoms with Crippen LogP contribution < -0.4 is 10.1 Å². The number of rotatable bonds is 0. The fourth-order valence-corrected chi connectivity index (χ4v) is 1.87. The zero-order chi connectivity index (χ0) is 12.2. The van der Waals surface area contributed by atoms with E-state index >= 15 is 0 Å². The van der Waals surface area contributed by atoms with Crippen molar-refractivity contribution in [2.24, 2.45) is 0 Å². The van der Waals surface area contributed by atoms with Crippen molar-refractivity contribution in [1.29, 1.82) is 0 Å². The Morgan fingerprint density at radius 2 is 1.17 bits per heavy atom. The Kier molecular flexibility index (Phi) is 2.84. The molecule has 18 heavy (non-hydrogen) atoms. The van der Waals surface area contributed by atoms with Crippen LogP contribution >= 0.6 is 0 Å². The number of nitrogens with one attached hydrogen (secondary N) is 1. The lowest BCUT2D eigenvalue weighted by Gasteiger charge is -2.12. The van der Waals surface area contributed by atoms with E-state index in [1.165, 1.54) is 0 Å². The summed E-state index contributed by atoms with van der Waals surface area (Å²) >= 11 is 0. The van der Waals surface area contributed by atoms with Crippen LogP contribution in [0.1, 0.15) is 11.1 Å². The van der Waals surface area contributed by atoms with Gasteiger partial charge in [0.05, 0.1) is 0 Å². The second kappa shape index (κ2) is 4.80. The van der Waals surface area contributed by atoms with Gasteiger partial charge in [0.1, 0.15) is 11.5 Å². The molecule has 1 heterocycles. The number of hydrogen-bond donors (Lipinski definition) is 1. The van der Waals surface area contributed by atoms with Crippen molar-refractivity contribution >= 4 is 12.2 Å². The molecule has 0 saturated carbocycles. The SMILES string of the molecule is C1=Cc2ccccc2Oc2ccccc2C=CN1. The zero-order valence-corrected chi connectivity index (χ0v) is 9.84. The molecule has 2 heteroatoms. The standard InChI is InChI=1S/C16H13NO/c1-3-7-15-13(5-1)9-11-17-12-10-14-6-2-4-8-16(14)18-15/h1-12,17H. The molecule has 0 fully saturated rings. The van der Waals surface area contributed by atoms with Crippen LogP contribution in [-0.4, -0.2) is 0 Å². The molecule has 2 aromatic rings. The summed E-state index contributed by atoms with van der Waals surface area (Å²) in [6.07, 6.45) is 7.78. The van der Waals surface area contributed by atoms with Crippen molar-refractivity contribution < 1.29 is 4.74 Å². The number of para-hydroxylation sites is 2. The van der Waals surface area contributed by atoms with Gasteiger partial charge in [-0.2, -0.15) is 0 Å². The molecule has 0 spiro atoms. The van der Waals surface area contributed by atoms with Gasteiger partial charge in [-0.05, 0) is 24.3 Å². The largest absolute Gasteiger partial charge is 0.456 e. The van der Waals surface area contributed by atoms with Crippen LogP contribution in [0.3, 0.4) is 0 Å². The zero-order valence-electron chi connectivity index (χ0n) is 9.84. The monoisotopic (exact) mass is 235 g/mol. The molecule has 88 valence electrons. The van der Waals surface area contributed by atoms with Crippen LogP contribution in [-0.2, 0) is 0 Å². The Hall–Kier alpha value is -2.48. The van der Waals surface area contributed by atoms with Crippen molar-refractivity contribution in [3.8, 4) is 11.5 Å². The van der Waals surface area contributed by atoms with E-state index in [4.69, 9.17) is 4.74 Å². The number of hydrogen-bond acceptors (Lipinski definition) is 2. The van der Waals surface area contributed by atoms with E-state index in [2.05, 4.69) is 5.32 Å². The lowest BCUT2D eigenvalue weighted by molar-refractivity contribution is 0.480. The Morgan fingerprint density at radius 3 is 1.72 bits per heavy atom. The summed E-state index contributed by atoms with van der Waals surface area (Å²) < 4.78 is 5.99. The summed E-state index contributed by atoms with van der Waals surface area (Å²) in [5, 5.41) is 3.12. The minimum atomic E-state index is 0.860. The summed E-state index contributed by atoms with van der Waals surface area (Å²) in [5.41, 5.74) is 2.10. The number of fused-ring (bicyclic) bond motifs is 2. The quantitative estimate of drug-likeness (QED) is 0.744. The van der Waals surface area contributed by atoms with Crippen LogP contribution in [0.4, 0.5) is 0 Å². The van der Waals surface area contributed by atoms with E-state index in [0.29, 0.717) is 0 Å². The van der Waals surface area contributed by atoms with Gasteiger partial charge in [-0.25, -0.2) is 0 Å². The molecule has 0 aliphatic carbocycles. The highest BCUT2D eigenvalue weighted by Crippen LogP contribution is 2.29. The molecule has 0 bridgehead atoms. The van der Waals surface area contributed by atoms with Crippen molar-refractivity contribution in [2.75, 3.05) is 0 Å². The van der Waals surface area contributed by atoms with Gasteiger partial charge in [0, 0.05) is 23.5 Å². The second-order valence-corrected chi connectivity index (χ2v) is 4.01. The molecule has 2 aromatic carbocycles. The van der Waals surface area contributed by atoms with Gasteiger partial charge < -0.3 is 10.1 Å². The van der Waals surface area contributed by atoms with Gasteiger partial charge in [-0.1, -0.05) is 36.4 Å². The van der Waals surface area contributed by atoms with Gasteiger partial charge in [-0.15, -0.1) is 0 Å². The Bertz CT molecular complexity index is 560. The van der Waals surface area contributed by atoms with Crippen molar-refractivity contribution in [3.63, 3.8) is 0 Å². The highest BCUT2D eigenvalue weighted by atomic mass is 16.5. The molecule has 1 N–H and O–H groups in total. The summed E-state index contributed by atoms with van der Waals surface area (Å²) in [6.45, 7) is 0. The molecule has 0 unspecified atom stereocenters. The lowest BCUT2D eigenvalue weighted by Crippen LogP contribution is -1.95. The third-order valence-electron chi connectivity index (χ3n) is 2.78. The summed E-state index contributed by atoms with van der Waals surface area (Å²) in [7, 11) is 0. The molecule has 0 atom stereocenters. The Morgan fingerprint density at radius 1 is 0.667 bits per heavy atom. The molecule has 1 aliphatic heterocycles. The van der Waals surface area contributed by atoms with Crippen molar-refractivity contribution in [1.82, 2.24) is 5.32 Å². The van der Waals surface area contributed by atoms with Crippen LogP contribution in [0.5, 0.6) is 11.5 Å². The second-order valence-electron chi connectivity index (χ2n) is 4.01. The Balaban J connectivity index is 2.11. The topological polar surface area (TPSA) is 21.3 Å². The van der Waals surface area contributed by atoms with E-state index in [1.807, 2.05) is 73.1 Å². The molecule has 1 aliphatic rings. The summed E-state index contributed by atoms with van der Waals surface area (Å²) in [4.78, 5) is 0. The van der Waals surface area contributed by atoms with Crippen molar-refractivity contribution in [2.45, 2.75) is 0 Å². The molecular weight excluding hydrogens is 222 g/mol. The van der Waals surface area contributed by atoms with Crippen LogP contribution in [0.2, 0.25) is 0 Å². The van der Waals surface area contributed by atoms with Gasteiger partial charge in [0.25, 0.3) is 0 Å². The maximum Gasteiger partial charge on any atom is 0.134 e. The smallest absolute Gasteiger partial charge is 0.134 e. The predicted molar refractivity (Wildman–Crippen MR) is 74.2 cm³/mol. The maximum absolute atomic E-state index is 5.99. The highest BCUT2D eigenvalue weighted by Gasteiger charge is 2.05. The lowest BCUT2D eigenvalue weighted by atomic mass is 10.1. The fourth-order valence-electron chi connectivity index (χ4n) is 1.87. The van der Waals surface area contributed by atoms with Crippen molar-refractivity contribution in [3.05, 3.63) is 72.1 Å². The first-order valence-corrected chi connectivity index (χ1v) is 5.88. The molecular formula is C16H13NO. The van der Waals surface area contributed by atoms with Gasteiger partial charge in [0.15, 0.2) is 0 Å². The van der Waals surface area contributed by atoms with E-state index < -0.39 is 0 Å². The fraction of sp³-hybridized carbons (Fsp3) is 0. The van der Waals surface area contributed by atoms with E-state index in [0.717, 1.165) is 22.6 Å². The maximum atomic E-state index is 5.99. The number of ether oxygens (including phenoxy) is 1. The van der Waals surface area contributed by atoms with Gasteiger partial charge in [-0.3, -0.25) is 0 Å². The molecule has 2 nitrogen and oxygen atoms in total. The Labute approximate surface area is 106 Å². The number of benzene rings is 2. The molecule has 0 amide bonds. The average molecular weight is 235 g/mol. The minimum Gasteiger partial charge on any atom is -0.456 e. The minimum absolute atomic E-state index is 0.860. The summed E-state index contributed by atoms with van der Waals surface area (Å²) in [5.74, 6) is 1.72.